The molecule has 3 aromatic rings. The van der Waals surface area contributed by atoms with Crippen molar-refractivity contribution in [3.8, 4) is 5.75 Å². The Bertz CT molecular complexity index is 897. The molecule has 0 aliphatic rings. The maximum atomic E-state index is 12.9. The highest BCUT2D eigenvalue weighted by molar-refractivity contribution is 14.1. The Labute approximate surface area is 159 Å². The van der Waals surface area contributed by atoms with Crippen LogP contribution in [0.5, 0.6) is 5.75 Å². The van der Waals surface area contributed by atoms with Crippen molar-refractivity contribution in [3.05, 3.63) is 74.6 Å². The number of halogens is 1. The van der Waals surface area contributed by atoms with Crippen molar-refractivity contribution in [3.63, 3.8) is 0 Å². The van der Waals surface area contributed by atoms with Crippen LogP contribution in [0.15, 0.2) is 48.7 Å². The summed E-state index contributed by atoms with van der Waals surface area (Å²) in [5.41, 5.74) is 9.75. The van der Waals surface area contributed by atoms with Crippen LogP contribution in [0, 0.1) is 3.57 Å². The molecule has 0 unspecified atom stereocenters. The van der Waals surface area contributed by atoms with Crippen LogP contribution < -0.4 is 10.5 Å². The third-order valence-corrected chi connectivity index (χ3v) is 4.83. The van der Waals surface area contributed by atoms with Crippen LogP contribution in [0.3, 0.4) is 0 Å². The number of aromatic nitrogens is 2. The number of aryl methyl sites for hydroxylation is 1. The second-order valence-corrected chi connectivity index (χ2v) is 6.90. The average molecular weight is 447 g/mol. The minimum atomic E-state index is -0.113. The summed E-state index contributed by atoms with van der Waals surface area (Å²) in [6, 6.07) is 13.5. The Morgan fingerprint density at radius 3 is 2.48 bits per heavy atom. The lowest BCUT2D eigenvalue weighted by Gasteiger charge is -2.09. The number of hydrogen-bond donors (Lipinski definition) is 1. The minimum Gasteiger partial charge on any atom is -0.497 e. The summed E-state index contributed by atoms with van der Waals surface area (Å²) in [7, 11) is 3.40. The van der Waals surface area contributed by atoms with Gasteiger partial charge in [0.25, 0.3) is 0 Å². The first kappa shape index (κ1) is 17.5. The topological polar surface area (TPSA) is 70.1 Å². The molecule has 0 aliphatic carbocycles. The van der Waals surface area contributed by atoms with Crippen LogP contribution in [0.4, 0.5) is 5.69 Å². The smallest absolute Gasteiger partial charge is 0.214 e. The highest BCUT2D eigenvalue weighted by atomic mass is 127. The minimum absolute atomic E-state index is 0.113. The molecule has 0 atom stereocenters. The van der Waals surface area contributed by atoms with Gasteiger partial charge in [0.1, 0.15) is 11.4 Å². The summed E-state index contributed by atoms with van der Waals surface area (Å²) in [6.07, 6.45) is 2.39. The number of ketones is 1. The van der Waals surface area contributed by atoms with Gasteiger partial charge in [-0.1, -0.05) is 18.2 Å². The Morgan fingerprint density at radius 2 is 1.88 bits per heavy atom. The largest absolute Gasteiger partial charge is 0.497 e. The number of nitrogens with two attached hydrogens (primary N) is 1. The van der Waals surface area contributed by atoms with Gasteiger partial charge in [-0.2, -0.15) is 5.10 Å². The van der Waals surface area contributed by atoms with Crippen molar-refractivity contribution >= 4 is 34.1 Å². The van der Waals surface area contributed by atoms with Crippen molar-refractivity contribution < 1.29 is 9.53 Å². The monoisotopic (exact) mass is 447 g/mol. The zero-order chi connectivity index (χ0) is 18.0. The van der Waals surface area contributed by atoms with Crippen LogP contribution in [-0.2, 0) is 13.5 Å². The van der Waals surface area contributed by atoms with E-state index in [-0.39, 0.29) is 5.78 Å². The van der Waals surface area contributed by atoms with Gasteiger partial charge in [0.05, 0.1) is 16.9 Å². The molecule has 0 fully saturated rings. The summed E-state index contributed by atoms with van der Waals surface area (Å²) in [5.74, 6) is 0.709. The number of nitrogens with zero attached hydrogens (tertiary/aromatic N) is 2. The third kappa shape index (κ3) is 3.68. The number of benzene rings is 2. The fourth-order valence-corrected chi connectivity index (χ4v) is 3.40. The molecule has 0 radical (unpaired) electrons. The van der Waals surface area contributed by atoms with E-state index in [1.54, 1.807) is 31.1 Å². The molecule has 0 bridgehead atoms. The summed E-state index contributed by atoms with van der Waals surface area (Å²) < 4.78 is 7.57. The lowest BCUT2D eigenvalue weighted by Crippen LogP contribution is -2.12. The molecule has 0 saturated carbocycles. The molecule has 2 aromatic carbocycles. The molecular weight excluding hydrogens is 429 g/mol. The SMILES string of the molecule is COc1ccc(Cc2ccc(N)c(C(=O)c3c(I)cnn3C)c2)cc1. The van der Waals surface area contributed by atoms with E-state index in [1.807, 2.05) is 36.4 Å². The summed E-state index contributed by atoms with van der Waals surface area (Å²) >= 11 is 2.11. The van der Waals surface area contributed by atoms with Gasteiger partial charge in [-0.3, -0.25) is 9.48 Å². The number of methoxy groups -OCH3 is 1. The first-order chi connectivity index (χ1) is 12.0. The van der Waals surface area contributed by atoms with Crippen molar-refractivity contribution in [2.45, 2.75) is 6.42 Å². The van der Waals surface area contributed by atoms with E-state index in [0.29, 0.717) is 23.4 Å². The molecule has 0 amide bonds. The number of ether oxygens (including phenoxy) is 1. The maximum Gasteiger partial charge on any atom is 0.214 e. The Morgan fingerprint density at radius 1 is 1.20 bits per heavy atom. The molecule has 5 nitrogen and oxygen atoms in total. The molecule has 2 N–H and O–H groups in total. The number of carbonyl (C=O) groups is 1. The van der Waals surface area contributed by atoms with Gasteiger partial charge in [0.15, 0.2) is 0 Å². The van der Waals surface area contributed by atoms with Gasteiger partial charge in [-0.25, -0.2) is 0 Å². The lowest BCUT2D eigenvalue weighted by atomic mass is 9.98. The fraction of sp³-hybridized carbons (Fsp3) is 0.158. The summed E-state index contributed by atoms with van der Waals surface area (Å²) in [5, 5.41) is 4.13. The van der Waals surface area contributed by atoms with Crippen LogP contribution in [-0.4, -0.2) is 22.7 Å². The van der Waals surface area contributed by atoms with E-state index in [4.69, 9.17) is 10.5 Å². The quantitative estimate of drug-likeness (QED) is 0.370. The molecule has 1 aromatic heterocycles. The second-order valence-electron chi connectivity index (χ2n) is 5.74. The third-order valence-electron chi connectivity index (χ3n) is 4.04. The van der Waals surface area contributed by atoms with Crippen molar-refractivity contribution in [1.29, 1.82) is 0 Å². The molecule has 0 saturated heterocycles. The normalized spacial score (nSPS) is 10.7. The van der Waals surface area contributed by atoms with Crippen LogP contribution in [0.1, 0.15) is 27.2 Å². The zero-order valence-electron chi connectivity index (χ0n) is 14.0. The molecule has 1 heterocycles. The van der Waals surface area contributed by atoms with E-state index in [2.05, 4.69) is 27.7 Å². The van der Waals surface area contributed by atoms with Crippen LogP contribution in [0.25, 0.3) is 0 Å². The van der Waals surface area contributed by atoms with Crippen LogP contribution in [0.2, 0.25) is 0 Å². The van der Waals surface area contributed by atoms with Gasteiger partial charge < -0.3 is 10.5 Å². The molecule has 25 heavy (non-hydrogen) atoms. The van der Waals surface area contributed by atoms with E-state index >= 15 is 0 Å². The summed E-state index contributed by atoms with van der Waals surface area (Å²) in [6.45, 7) is 0. The molecule has 0 aliphatic heterocycles. The predicted molar refractivity (Wildman–Crippen MR) is 106 cm³/mol. The highest BCUT2D eigenvalue weighted by Crippen LogP contribution is 2.23. The Balaban J connectivity index is 1.91. The average Bonchev–Trinajstić information content (AvgIpc) is 2.95. The first-order valence-electron chi connectivity index (χ1n) is 7.73. The van der Waals surface area contributed by atoms with Gasteiger partial charge in [0, 0.05) is 18.3 Å². The number of carbonyl (C=O) groups excluding carboxylic acids is 1. The number of hydrogen-bond acceptors (Lipinski definition) is 4. The molecule has 3 rings (SSSR count). The molecule has 6 heteroatoms. The second kappa shape index (κ2) is 7.26. The summed E-state index contributed by atoms with van der Waals surface area (Å²) in [4.78, 5) is 12.9. The van der Waals surface area contributed by atoms with Gasteiger partial charge in [-0.05, 0) is 64.4 Å². The van der Waals surface area contributed by atoms with Crippen molar-refractivity contribution in [2.75, 3.05) is 12.8 Å². The van der Waals surface area contributed by atoms with Crippen molar-refractivity contribution in [1.82, 2.24) is 9.78 Å². The number of nitrogen functional groups attached to an aromatic ring is 1. The zero-order valence-corrected chi connectivity index (χ0v) is 16.1. The highest BCUT2D eigenvalue weighted by Gasteiger charge is 2.19. The number of rotatable bonds is 5. The molecule has 0 spiro atoms. The van der Waals surface area contributed by atoms with Crippen LogP contribution >= 0.6 is 22.6 Å². The van der Waals surface area contributed by atoms with Gasteiger partial charge in [0.2, 0.25) is 5.78 Å². The molecular formula is C19H18IN3O2. The van der Waals surface area contributed by atoms with Gasteiger partial charge in [-0.15, -0.1) is 0 Å². The van der Waals surface area contributed by atoms with E-state index in [1.165, 1.54) is 0 Å². The number of anilines is 1. The maximum absolute atomic E-state index is 12.9. The fourth-order valence-electron chi connectivity index (χ4n) is 2.68. The Hall–Kier alpha value is -2.35. The lowest BCUT2D eigenvalue weighted by molar-refractivity contribution is 0.103. The first-order valence-corrected chi connectivity index (χ1v) is 8.81. The molecule has 128 valence electrons. The predicted octanol–water partition coefficient (Wildman–Crippen LogP) is 3.44. The standard InChI is InChI=1S/C19H18IN3O2/c1-23-18(16(20)11-22-23)19(24)15-10-13(5-8-17(15)21)9-12-3-6-14(25-2)7-4-12/h3-8,10-11H,9,21H2,1-2H3. The van der Waals surface area contributed by atoms with E-state index in [0.717, 1.165) is 20.4 Å². The van der Waals surface area contributed by atoms with Gasteiger partial charge >= 0.3 is 0 Å². The van der Waals surface area contributed by atoms with E-state index < -0.39 is 0 Å². The van der Waals surface area contributed by atoms with Crippen molar-refractivity contribution in [2.24, 2.45) is 7.05 Å². The van der Waals surface area contributed by atoms with E-state index in [9.17, 15) is 4.79 Å². The Kier molecular flexibility index (Phi) is 5.08.